The maximum absolute atomic E-state index is 13.0. The normalized spacial score (nSPS) is 10.7. The van der Waals surface area contributed by atoms with E-state index in [4.69, 9.17) is 12.2 Å². The summed E-state index contributed by atoms with van der Waals surface area (Å²) in [5.74, 6) is -0.828. The number of aromatic nitrogens is 3. The molecule has 0 unspecified atom stereocenters. The number of thiocarbonyl (C=S) groups is 1. The van der Waals surface area contributed by atoms with Crippen LogP contribution in [0.3, 0.4) is 0 Å². The predicted molar refractivity (Wildman–Crippen MR) is 114 cm³/mol. The SMILES string of the molecule is Cc1cc2nn(-c3ccccc3)nc2cc1NC(=S)NC(=O)c1ccc(F)cc1. The van der Waals surface area contributed by atoms with E-state index >= 15 is 0 Å². The minimum atomic E-state index is -0.420. The van der Waals surface area contributed by atoms with E-state index in [-0.39, 0.29) is 5.11 Å². The molecule has 0 spiro atoms. The average Bonchev–Trinajstić information content (AvgIpc) is 3.12. The van der Waals surface area contributed by atoms with E-state index in [0.29, 0.717) is 16.8 Å². The third kappa shape index (κ3) is 4.12. The molecule has 0 radical (unpaired) electrons. The van der Waals surface area contributed by atoms with Gasteiger partial charge in [-0.25, -0.2) is 4.39 Å². The van der Waals surface area contributed by atoms with Gasteiger partial charge in [-0.05, 0) is 73.2 Å². The molecule has 8 heteroatoms. The lowest BCUT2D eigenvalue weighted by Crippen LogP contribution is -2.34. The molecule has 0 saturated heterocycles. The zero-order valence-electron chi connectivity index (χ0n) is 15.4. The van der Waals surface area contributed by atoms with Gasteiger partial charge < -0.3 is 5.32 Å². The highest BCUT2D eigenvalue weighted by Crippen LogP contribution is 2.22. The largest absolute Gasteiger partial charge is 0.332 e. The number of para-hydroxylation sites is 1. The van der Waals surface area contributed by atoms with Crippen LogP contribution in [0.15, 0.2) is 66.7 Å². The Morgan fingerprint density at radius 1 is 1.00 bits per heavy atom. The first-order chi connectivity index (χ1) is 14.0. The smallest absolute Gasteiger partial charge is 0.257 e. The van der Waals surface area contributed by atoms with Crippen LogP contribution >= 0.6 is 12.2 Å². The van der Waals surface area contributed by atoms with Crippen LogP contribution in [0.2, 0.25) is 0 Å². The zero-order valence-corrected chi connectivity index (χ0v) is 16.2. The van der Waals surface area contributed by atoms with Gasteiger partial charge in [0.25, 0.3) is 5.91 Å². The second-order valence-corrected chi connectivity index (χ2v) is 6.80. The lowest BCUT2D eigenvalue weighted by Gasteiger charge is -2.11. The number of nitrogens with one attached hydrogen (secondary N) is 2. The summed E-state index contributed by atoms with van der Waals surface area (Å²) in [5, 5.41) is 14.7. The van der Waals surface area contributed by atoms with Crippen molar-refractivity contribution in [3.8, 4) is 5.69 Å². The maximum Gasteiger partial charge on any atom is 0.257 e. The fraction of sp³-hybridized carbons (Fsp3) is 0.0476. The molecule has 2 N–H and O–H groups in total. The molecule has 1 aromatic heterocycles. The van der Waals surface area contributed by atoms with Crippen molar-refractivity contribution in [1.82, 2.24) is 20.3 Å². The van der Waals surface area contributed by atoms with E-state index in [2.05, 4.69) is 20.8 Å². The molecule has 29 heavy (non-hydrogen) atoms. The van der Waals surface area contributed by atoms with Crippen LogP contribution in [0.4, 0.5) is 10.1 Å². The molecular weight excluding hydrogens is 389 g/mol. The number of carbonyl (C=O) groups is 1. The number of benzene rings is 3. The van der Waals surface area contributed by atoms with Gasteiger partial charge in [-0.1, -0.05) is 18.2 Å². The quantitative estimate of drug-likeness (QED) is 0.504. The zero-order chi connectivity index (χ0) is 20.4. The Hall–Kier alpha value is -3.65. The molecule has 6 nitrogen and oxygen atoms in total. The van der Waals surface area contributed by atoms with Gasteiger partial charge >= 0.3 is 0 Å². The molecule has 4 aromatic rings. The van der Waals surface area contributed by atoms with Crippen LogP contribution in [0, 0.1) is 12.7 Å². The highest BCUT2D eigenvalue weighted by Gasteiger charge is 2.12. The first-order valence-electron chi connectivity index (χ1n) is 8.80. The minimum absolute atomic E-state index is 0.136. The predicted octanol–water partition coefficient (Wildman–Crippen LogP) is 3.99. The summed E-state index contributed by atoms with van der Waals surface area (Å²) in [7, 11) is 0. The fourth-order valence-corrected chi connectivity index (χ4v) is 3.01. The van der Waals surface area contributed by atoms with Crippen LogP contribution < -0.4 is 10.6 Å². The second kappa shape index (κ2) is 7.76. The number of halogens is 1. The Morgan fingerprint density at radius 2 is 1.66 bits per heavy atom. The van der Waals surface area contributed by atoms with Gasteiger partial charge in [-0.3, -0.25) is 10.1 Å². The van der Waals surface area contributed by atoms with Gasteiger partial charge in [0.1, 0.15) is 16.9 Å². The molecule has 0 saturated carbocycles. The highest BCUT2D eigenvalue weighted by molar-refractivity contribution is 7.80. The summed E-state index contributed by atoms with van der Waals surface area (Å²) in [4.78, 5) is 13.8. The third-order valence-corrected chi connectivity index (χ3v) is 4.50. The summed E-state index contributed by atoms with van der Waals surface area (Å²) in [6.07, 6.45) is 0. The van der Waals surface area contributed by atoms with Crippen LogP contribution in [0.25, 0.3) is 16.7 Å². The molecule has 0 bridgehead atoms. The number of hydrogen-bond acceptors (Lipinski definition) is 4. The standard InChI is InChI=1S/C21H16FN5OS/c1-13-11-18-19(26-27(25-18)16-5-3-2-4-6-16)12-17(13)23-21(29)24-20(28)14-7-9-15(22)10-8-14/h2-12H,1H3,(H2,23,24,28,29). The van der Waals surface area contributed by atoms with E-state index in [1.54, 1.807) is 4.80 Å². The fourth-order valence-electron chi connectivity index (χ4n) is 2.81. The molecule has 0 aliphatic carbocycles. The van der Waals surface area contributed by atoms with Crippen molar-refractivity contribution < 1.29 is 9.18 Å². The molecule has 144 valence electrons. The Kier molecular flexibility index (Phi) is 5.01. The minimum Gasteiger partial charge on any atom is -0.332 e. The lowest BCUT2D eigenvalue weighted by atomic mass is 10.2. The van der Waals surface area contributed by atoms with Crippen molar-refractivity contribution in [1.29, 1.82) is 0 Å². The Bertz CT molecular complexity index is 1210. The molecule has 0 aliphatic heterocycles. The van der Waals surface area contributed by atoms with Gasteiger partial charge in [0, 0.05) is 11.3 Å². The maximum atomic E-state index is 13.0. The van der Waals surface area contributed by atoms with Crippen molar-refractivity contribution in [2.75, 3.05) is 5.32 Å². The van der Waals surface area contributed by atoms with Gasteiger partial charge in [0.05, 0.1) is 5.69 Å². The molecular formula is C21H16FN5OS. The number of anilines is 1. The van der Waals surface area contributed by atoms with Crippen LogP contribution in [-0.2, 0) is 0 Å². The molecule has 1 heterocycles. The van der Waals surface area contributed by atoms with Crippen molar-refractivity contribution in [3.05, 3.63) is 83.7 Å². The summed E-state index contributed by atoms with van der Waals surface area (Å²) >= 11 is 5.24. The number of fused-ring (bicyclic) bond motifs is 1. The van der Waals surface area contributed by atoms with Crippen LogP contribution in [-0.4, -0.2) is 26.0 Å². The monoisotopic (exact) mass is 405 g/mol. The summed E-state index contributed by atoms with van der Waals surface area (Å²) < 4.78 is 13.0. The highest BCUT2D eigenvalue weighted by atomic mass is 32.1. The number of rotatable bonds is 3. The molecule has 0 atom stereocenters. The number of hydrogen-bond donors (Lipinski definition) is 2. The van der Waals surface area contributed by atoms with Gasteiger partial charge in [0.2, 0.25) is 0 Å². The summed E-state index contributed by atoms with van der Waals surface area (Å²) in [6, 6.07) is 18.6. The van der Waals surface area contributed by atoms with Crippen molar-refractivity contribution in [2.24, 2.45) is 0 Å². The van der Waals surface area contributed by atoms with E-state index in [9.17, 15) is 9.18 Å². The van der Waals surface area contributed by atoms with E-state index in [1.165, 1.54) is 24.3 Å². The van der Waals surface area contributed by atoms with E-state index < -0.39 is 11.7 Å². The van der Waals surface area contributed by atoms with Crippen molar-refractivity contribution in [2.45, 2.75) is 6.92 Å². The average molecular weight is 405 g/mol. The van der Waals surface area contributed by atoms with E-state index in [0.717, 1.165) is 16.8 Å². The molecule has 0 aliphatic rings. The summed E-state index contributed by atoms with van der Waals surface area (Å²) in [5.41, 5.74) is 4.22. The number of carbonyl (C=O) groups excluding carboxylic acids is 1. The van der Waals surface area contributed by atoms with Crippen LogP contribution in [0.1, 0.15) is 15.9 Å². The Labute approximate surface area is 171 Å². The van der Waals surface area contributed by atoms with Gasteiger partial charge in [-0.2, -0.15) is 4.80 Å². The Balaban J connectivity index is 1.52. The number of nitrogens with zero attached hydrogens (tertiary/aromatic N) is 3. The van der Waals surface area contributed by atoms with Gasteiger partial charge in [0.15, 0.2) is 5.11 Å². The molecule has 4 rings (SSSR count). The van der Waals surface area contributed by atoms with Crippen molar-refractivity contribution >= 4 is 40.0 Å². The van der Waals surface area contributed by atoms with Crippen molar-refractivity contribution in [3.63, 3.8) is 0 Å². The second-order valence-electron chi connectivity index (χ2n) is 6.40. The third-order valence-electron chi connectivity index (χ3n) is 4.30. The van der Waals surface area contributed by atoms with Crippen LogP contribution in [0.5, 0.6) is 0 Å². The summed E-state index contributed by atoms with van der Waals surface area (Å²) in [6.45, 7) is 1.91. The first-order valence-corrected chi connectivity index (χ1v) is 9.21. The number of aryl methyl sites for hydroxylation is 1. The van der Waals surface area contributed by atoms with Gasteiger partial charge in [-0.15, -0.1) is 10.2 Å². The Morgan fingerprint density at radius 3 is 2.34 bits per heavy atom. The first kappa shape index (κ1) is 18.7. The molecule has 0 fully saturated rings. The molecule has 1 amide bonds. The topological polar surface area (TPSA) is 71.8 Å². The molecule has 3 aromatic carbocycles. The van der Waals surface area contributed by atoms with E-state index in [1.807, 2.05) is 49.4 Å². The lowest BCUT2D eigenvalue weighted by molar-refractivity contribution is 0.0977. The number of amides is 1.